The first-order valence-electron chi connectivity index (χ1n) is 11.3. The maximum absolute atomic E-state index is 13.4. The van der Waals surface area contributed by atoms with Crippen LogP contribution in [0.5, 0.6) is 5.75 Å². The summed E-state index contributed by atoms with van der Waals surface area (Å²) in [7, 11) is 0. The zero-order chi connectivity index (χ0) is 22.5. The number of likely N-dealkylation sites (tertiary alicyclic amines) is 1. The van der Waals surface area contributed by atoms with Crippen LogP contribution >= 0.6 is 11.8 Å². The standard InChI is InChI=1S/C25H29N3O3S/c1-3-18-9-7-8-16-27(18)23(29)17-32-25-26-22-11-6-5-10-21(22)24(30)28(25)19-12-14-20(15-13-19)31-4-2/h5-6,10-15,18H,3-4,7-9,16-17H2,1-2H3. The average molecular weight is 452 g/mol. The Hall–Kier alpha value is -2.80. The fraction of sp³-hybridized carbons (Fsp3) is 0.400. The normalized spacial score (nSPS) is 16.3. The van der Waals surface area contributed by atoms with E-state index in [9.17, 15) is 9.59 Å². The van der Waals surface area contributed by atoms with Crippen molar-refractivity contribution in [2.45, 2.75) is 50.7 Å². The van der Waals surface area contributed by atoms with Gasteiger partial charge in [-0.2, -0.15) is 0 Å². The molecule has 0 aliphatic carbocycles. The van der Waals surface area contributed by atoms with E-state index in [1.165, 1.54) is 18.2 Å². The number of rotatable bonds is 7. The van der Waals surface area contributed by atoms with Crippen molar-refractivity contribution in [1.29, 1.82) is 0 Å². The van der Waals surface area contributed by atoms with Crippen LogP contribution in [-0.4, -0.2) is 45.3 Å². The number of fused-ring (bicyclic) bond motifs is 1. The third-order valence-electron chi connectivity index (χ3n) is 5.89. The van der Waals surface area contributed by atoms with E-state index in [2.05, 4.69) is 6.92 Å². The van der Waals surface area contributed by atoms with Crippen LogP contribution in [0.1, 0.15) is 39.5 Å². The van der Waals surface area contributed by atoms with Crippen LogP contribution in [0.25, 0.3) is 16.6 Å². The summed E-state index contributed by atoms with van der Waals surface area (Å²) in [5.74, 6) is 1.12. The van der Waals surface area contributed by atoms with Gasteiger partial charge in [0.25, 0.3) is 5.56 Å². The number of nitrogens with zero attached hydrogens (tertiary/aromatic N) is 3. The SMILES string of the molecule is CCOc1ccc(-n2c(SCC(=O)N3CCCCC3CC)nc3ccccc3c2=O)cc1. The fourth-order valence-corrected chi connectivity index (χ4v) is 5.16. The lowest BCUT2D eigenvalue weighted by atomic mass is 10.0. The summed E-state index contributed by atoms with van der Waals surface area (Å²) < 4.78 is 7.14. The third-order valence-corrected chi connectivity index (χ3v) is 6.82. The summed E-state index contributed by atoms with van der Waals surface area (Å²) in [5, 5.41) is 1.08. The second kappa shape index (κ2) is 10.2. The molecular weight excluding hydrogens is 422 g/mol. The van der Waals surface area contributed by atoms with Crippen molar-refractivity contribution in [1.82, 2.24) is 14.5 Å². The molecular formula is C25H29N3O3S. The number of thioether (sulfide) groups is 1. The first-order chi connectivity index (χ1) is 15.6. The zero-order valence-electron chi connectivity index (χ0n) is 18.6. The lowest BCUT2D eigenvalue weighted by Gasteiger charge is -2.35. The van der Waals surface area contributed by atoms with Crippen LogP contribution in [0.15, 0.2) is 58.5 Å². The number of carbonyl (C=O) groups excluding carboxylic acids is 1. The Morgan fingerprint density at radius 3 is 2.66 bits per heavy atom. The van der Waals surface area contributed by atoms with Gasteiger partial charge in [0, 0.05) is 12.6 Å². The molecule has 32 heavy (non-hydrogen) atoms. The zero-order valence-corrected chi connectivity index (χ0v) is 19.4. The van der Waals surface area contributed by atoms with Gasteiger partial charge in [0.05, 0.1) is 29.0 Å². The summed E-state index contributed by atoms with van der Waals surface area (Å²) in [6.45, 7) is 5.46. The second-order valence-corrected chi connectivity index (χ2v) is 8.86. The van der Waals surface area contributed by atoms with Gasteiger partial charge in [-0.25, -0.2) is 4.98 Å². The Bertz CT molecular complexity index is 1140. The van der Waals surface area contributed by atoms with Gasteiger partial charge in [0.1, 0.15) is 5.75 Å². The summed E-state index contributed by atoms with van der Waals surface area (Å²) in [4.78, 5) is 33.2. The van der Waals surface area contributed by atoms with E-state index in [1.54, 1.807) is 10.6 Å². The van der Waals surface area contributed by atoms with E-state index >= 15 is 0 Å². The highest BCUT2D eigenvalue weighted by atomic mass is 32.2. The van der Waals surface area contributed by atoms with Gasteiger partial charge < -0.3 is 9.64 Å². The van der Waals surface area contributed by atoms with Gasteiger partial charge in [-0.3, -0.25) is 14.2 Å². The lowest BCUT2D eigenvalue weighted by molar-refractivity contribution is -0.132. The van der Waals surface area contributed by atoms with Crippen molar-refractivity contribution in [2.24, 2.45) is 0 Å². The minimum atomic E-state index is -0.140. The van der Waals surface area contributed by atoms with E-state index in [0.29, 0.717) is 34.4 Å². The van der Waals surface area contributed by atoms with Crippen molar-refractivity contribution < 1.29 is 9.53 Å². The molecule has 1 aliphatic rings. The number of benzene rings is 2. The van der Waals surface area contributed by atoms with Gasteiger partial charge in [-0.1, -0.05) is 30.8 Å². The Morgan fingerprint density at radius 1 is 1.12 bits per heavy atom. The van der Waals surface area contributed by atoms with E-state index in [0.717, 1.165) is 31.6 Å². The number of aromatic nitrogens is 2. The molecule has 1 aliphatic heterocycles. The van der Waals surface area contributed by atoms with Crippen molar-refractivity contribution in [3.63, 3.8) is 0 Å². The number of piperidine rings is 1. The minimum Gasteiger partial charge on any atom is -0.494 e. The number of amides is 1. The molecule has 1 atom stereocenters. The van der Waals surface area contributed by atoms with Crippen LogP contribution in [0.4, 0.5) is 0 Å². The van der Waals surface area contributed by atoms with Gasteiger partial charge in [0.2, 0.25) is 5.91 Å². The highest BCUT2D eigenvalue weighted by Gasteiger charge is 2.25. The molecule has 0 saturated carbocycles. The Morgan fingerprint density at radius 2 is 1.91 bits per heavy atom. The highest BCUT2D eigenvalue weighted by molar-refractivity contribution is 7.99. The molecule has 0 bridgehead atoms. The molecule has 2 heterocycles. The van der Waals surface area contributed by atoms with Crippen molar-refractivity contribution in [3.8, 4) is 11.4 Å². The number of carbonyl (C=O) groups is 1. The van der Waals surface area contributed by atoms with Gasteiger partial charge in [0.15, 0.2) is 5.16 Å². The van der Waals surface area contributed by atoms with Crippen LogP contribution in [0.3, 0.4) is 0 Å². The predicted octanol–water partition coefficient (Wildman–Crippen LogP) is 4.67. The molecule has 6 nitrogen and oxygen atoms in total. The minimum absolute atomic E-state index is 0.113. The van der Waals surface area contributed by atoms with Crippen molar-refractivity contribution in [2.75, 3.05) is 18.9 Å². The molecule has 1 aromatic heterocycles. The number of ether oxygens (including phenoxy) is 1. The molecule has 0 N–H and O–H groups in total. The molecule has 7 heteroatoms. The smallest absolute Gasteiger partial charge is 0.266 e. The first kappa shape index (κ1) is 22.4. The van der Waals surface area contributed by atoms with Crippen molar-refractivity contribution >= 4 is 28.6 Å². The van der Waals surface area contributed by atoms with Gasteiger partial charge in [-0.05, 0) is 69.0 Å². The van der Waals surface area contributed by atoms with Crippen LogP contribution in [0, 0.1) is 0 Å². The summed E-state index contributed by atoms with van der Waals surface area (Å²) in [5.41, 5.74) is 1.20. The third kappa shape index (κ3) is 4.67. The topological polar surface area (TPSA) is 64.4 Å². The van der Waals surface area contributed by atoms with E-state index in [4.69, 9.17) is 9.72 Å². The van der Waals surface area contributed by atoms with E-state index < -0.39 is 0 Å². The van der Waals surface area contributed by atoms with Gasteiger partial charge in [-0.15, -0.1) is 0 Å². The summed E-state index contributed by atoms with van der Waals surface area (Å²) in [6, 6.07) is 15.0. The van der Waals surface area contributed by atoms with Crippen LogP contribution in [0.2, 0.25) is 0 Å². The molecule has 1 amide bonds. The summed E-state index contributed by atoms with van der Waals surface area (Å²) in [6.07, 6.45) is 4.27. The Balaban J connectivity index is 1.67. The van der Waals surface area contributed by atoms with Crippen molar-refractivity contribution in [3.05, 3.63) is 58.9 Å². The monoisotopic (exact) mass is 451 g/mol. The average Bonchev–Trinajstić information content (AvgIpc) is 2.83. The second-order valence-electron chi connectivity index (χ2n) is 7.91. The van der Waals surface area contributed by atoms with Crippen LogP contribution < -0.4 is 10.3 Å². The maximum atomic E-state index is 13.4. The number of para-hydroxylation sites is 1. The Labute approximate surface area is 192 Å². The van der Waals surface area contributed by atoms with Crippen LogP contribution in [-0.2, 0) is 4.79 Å². The number of hydrogen-bond acceptors (Lipinski definition) is 5. The quantitative estimate of drug-likeness (QED) is 0.386. The molecule has 1 fully saturated rings. The Kier molecular flexibility index (Phi) is 7.15. The molecule has 2 aromatic carbocycles. The molecule has 4 rings (SSSR count). The molecule has 3 aromatic rings. The molecule has 168 valence electrons. The molecule has 0 spiro atoms. The lowest BCUT2D eigenvalue weighted by Crippen LogP contribution is -2.44. The molecule has 1 unspecified atom stereocenters. The van der Waals surface area contributed by atoms with Gasteiger partial charge >= 0.3 is 0 Å². The van der Waals surface area contributed by atoms with E-state index in [-0.39, 0.29) is 17.2 Å². The molecule has 1 saturated heterocycles. The largest absolute Gasteiger partial charge is 0.494 e. The van der Waals surface area contributed by atoms with E-state index in [1.807, 2.05) is 54.3 Å². The first-order valence-corrected chi connectivity index (χ1v) is 12.3. The maximum Gasteiger partial charge on any atom is 0.266 e. The number of hydrogen-bond donors (Lipinski definition) is 0. The summed E-state index contributed by atoms with van der Waals surface area (Å²) >= 11 is 1.33. The predicted molar refractivity (Wildman–Crippen MR) is 129 cm³/mol. The highest BCUT2D eigenvalue weighted by Crippen LogP contribution is 2.25. The molecule has 0 radical (unpaired) electrons. The fourth-order valence-electron chi connectivity index (χ4n) is 4.26.